The van der Waals surface area contributed by atoms with Crippen molar-refractivity contribution >= 4 is 11.9 Å². The molecule has 0 radical (unpaired) electrons. The minimum atomic E-state index is -1.08. The molecule has 3 heterocycles. The number of aromatic nitrogens is 2. The number of carbonyl (C=O) groups excluding carboxylic acids is 1. The Morgan fingerprint density at radius 3 is 2.71 bits per heavy atom. The number of piperidine rings is 1. The fraction of sp³-hybridized carbons (Fsp3) is 0.625. The van der Waals surface area contributed by atoms with Crippen LogP contribution in [0.25, 0.3) is 0 Å². The van der Waals surface area contributed by atoms with Gasteiger partial charge in [-0.1, -0.05) is 0 Å². The Morgan fingerprint density at radius 2 is 2.04 bits per heavy atom. The van der Waals surface area contributed by atoms with Crippen LogP contribution in [0, 0.1) is 23.2 Å². The van der Waals surface area contributed by atoms with Gasteiger partial charge in [-0.25, -0.2) is 14.4 Å². The van der Waals surface area contributed by atoms with Crippen molar-refractivity contribution in [2.45, 2.75) is 24.7 Å². The zero-order valence-electron chi connectivity index (χ0n) is 13.2. The van der Waals surface area contributed by atoms with Crippen LogP contribution in [0.3, 0.4) is 0 Å². The van der Waals surface area contributed by atoms with Crippen LogP contribution in [0.1, 0.15) is 6.42 Å². The number of nitrogens with one attached hydrogen (secondary N) is 1. The minimum Gasteiger partial charge on any atom is -0.340 e. The van der Waals surface area contributed by atoms with Crippen molar-refractivity contribution in [1.29, 1.82) is 5.26 Å². The van der Waals surface area contributed by atoms with Crippen molar-refractivity contribution < 1.29 is 9.18 Å². The second kappa shape index (κ2) is 5.98. The molecule has 4 rings (SSSR count). The van der Waals surface area contributed by atoms with E-state index in [2.05, 4.69) is 20.2 Å². The zero-order chi connectivity index (χ0) is 16.7. The molecule has 1 saturated carbocycles. The topological polar surface area (TPSA) is 85.2 Å². The third-order valence-electron chi connectivity index (χ3n) is 5.24. The number of hydrogen-bond donors (Lipinski definition) is 1. The molecule has 0 spiro atoms. The second-order valence-corrected chi connectivity index (χ2v) is 6.71. The van der Waals surface area contributed by atoms with Crippen LogP contribution in [0.15, 0.2) is 18.5 Å². The molecule has 2 aliphatic heterocycles. The lowest BCUT2D eigenvalue weighted by Crippen LogP contribution is -2.43. The van der Waals surface area contributed by atoms with Crippen molar-refractivity contribution in [3.63, 3.8) is 0 Å². The number of alkyl halides is 1. The van der Waals surface area contributed by atoms with Gasteiger partial charge < -0.3 is 15.1 Å². The van der Waals surface area contributed by atoms with E-state index in [0.29, 0.717) is 17.9 Å². The smallest absolute Gasteiger partial charge is 0.237 e. The average Bonchev–Trinajstić information content (AvgIpc) is 2.95. The van der Waals surface area contributed by atoms with E-state index in [1.54, 1.807) is 18.5 Å². The van der Waals surface area contributed by atoms with E-state index in [1.807, 2.05) is 6.07 Å². The molecular formula is C16H19FN6O. The summed E-state index contributed by atoms with van der Waals surface area (Å²) in [4.78, 5) is 24.3. The maximum atomic E-state index is 13.4. The van der Waals surface area contributed by atoms with Gasteiger partial charge in [0, 0.05) is 37.9 Å². The lowest BCUT2D eigenvalue weighted by Gasteiger charge is -2.21. The fourth-order valence-electron chi connectivity index (χ4n) is 3.94. The molecule has 1 aliphatic carbocycles. The molecule has 3 aliphatic rings. The number of amides is 1. The van der Waals surface area contributed by atoms with Gasteiger partial charge in [0.1, 0.15) is 12.2 Å². The van der Waals surface area contributed by atoms with Crippen LogP contribution in [0.2, 0.25) is 0 Å². The molecule has 1 aromatic heterocycles. The molecule has 0 aromatic carbocycles. The summed E-state index contributed by atoms with van der Waals surface area (Å²) >= 11 is 0. The van der Waals surface area contributed by atoms with E-state index in [0.717, 1.165) is 19.0 Å². The number of hydrogen-bond acceptors (Lipinski definition) is 6. The molecule has 24 heavy (non-hydrogen) atoms. The Balaban J connectivity index is 1.25. The first kappa shape index (κ1) is 15.3. The molecule has 4 atom stereocenters. The SMILES string of the molecule is N#C[C@@H]1C[C@H](F)CN1C(=O)CNC1C2CN(c3ncccn3)CC21. The Kier molecular flexibility index (Phi) is 3.81. The van der Waals surface area contributed by atoms with Gasteiger partial charge in [-0.3, -0.25) is 4.79 Å². The lowest BCUT2D eigenvalue weighted by molar-refractivity contribution is -0.130. The van der Waals surface area contributed by atoms with Crippen molar-refractivity contribution in [2.75, 3.05) is 31.1 Å². The van der Waals surface area contributed by atoms with Gasteiger partial charge in [0.15, 0.2) is 0 Å². The molecule has 1 amide bonds. The van der Waals surface area contributed by atoms with Gasteiger partial charge in [-0.05, 0) is 17.9 Å². The van der Waals surface area contributed by atoms with Crippen LogP contribution < -0.4 is 10.2 Å². The predicted octanol–water partition coefficient (Wildman–Crippen LogP) is -0.0366. The number of rotatable bonds is 4. The van der Waals surface area contributed by atoms with Crippen molar-refractivity contribution in [1.82, 2.24) is 20.2 Å². The maximum Gasteiger partial charge on any atom is 0.237 e. The molecular weight excluding hydrogens is 311 g/mol. The van der Waals surface area contributed by atoms with Crippen molar-refractivity contribution in [3.05, 3.63) is 18.5 Å². The summed E-state index contributed by atoms with van der Waals surface area (Å²) in [6, 6.07) is 3.50. The highest BCUT2D eigenvalue weighted by Gasteiger charge is 2.56. The van der Waals surface area contributed by atoms with E-state index in [1.165, 1.54) is 4.90 Å². The number of halogens is 1. The Labute approximate surface area is 139 Å². The van der Waals surface area contributed by atoms with Gasteiger partial charge in [0.25, 0.3) is 0 Å². The molecule has 3 fully saturated rings. The summed E-state index contributed by atoms with van der Waals surface area (Å²) in [5.41, 5.74) is 0. The van der Waals surface area contributed by atoms with Gasteiger partial charge in [0.2, 0.25) is 11.9 Å². The summed E-state index contributed by atoms with van der Waals surface area (Å²) in [5.74, 6) is 1.57. The van der Waals surface area contributed by atoms with Gasteiger partial charge >= 0.3 is 0 Å². The lowest BCUT2D eigenvalue weighted by atomic mass is 10.2. The van der Waals surface area contributed by atoms with Crippen LogP contribution >= 0.6 is 0 Å². The molecule has 1 N–H and O–H groups in total. The molecule has 0 bridgehead atoms. The Hall–Kier alpha value is -2.27. The number of fused-ring (bicyclic) bond motifs is 1. The number of likely N-dealkylation sites (tertiary alicyclic amines) is 1. The Morgan fingerprint density at radius 1 is 1.33 bits per heavy atom. The third-order valence-corrected chi connectivity index (χ3v) is 5.24. The quantitative estimate of drug-likeness (QED) is 0.834. The predicted molar refractivity (Wildman–Crippen MR) is 83.6 cm³/mol. The van der Waals surface area contributed by atoms with E-state index in [4.69, 9.17) is 5.26 Å². The average molecular weight is 330 g/mol. The molecule has 7 nitrogen and oxygen atoms in total. The number of carbonyl (C=O) groups is 1. The fourth-order valence-corrected chi connectivity index (χ4v) is 3.94. The van der Waals surface area contributed by atoms with E-state index >= 15 is 0 Å². The highest BCUT2D eigenvalue weighted by molar-refractivity contribution is 5.79. The normalized spacial score (nSPS) is 34.1. The molecule has 126 valence electrons. The first-order chi connectivity index (χ1) is 11.7. The van der Waals surface area contributed by atoms with Gasteiger partial charge in [0.05, 0.1) is 19.2 Å². The van der Waals surface area contributed by atoms with Crippen LogP contribution in [-0.2, 0) is 4.79 Å². The molecule has 8 heteroatoms. The first-order valence-corrected chi connectivity index (χ1v) is 8.26. The summed E-state index contributed by atoms with van der Waals surface area (Å²) in [6.07, 6.45) is 2.52. The highest BCUT2D eigenvalue weighted by atomic mass is 19.1. The minimum absolute atomic E-state index is 0.0371. The molecule has 2 saturated heterocycles. The van der Waals surface area contributed by atoms with E-state index < -0.39 is 12.2 Å². The van der Waals surface area contributed by atoms with Crippen molar-refractivity contribution in [2.24, 2.45) is 11.8 Å². The summed E-state index contributed by atoms with van der Waals surface area (Å²) in [7, 11) is 0. The Bertz CT molecular complexity index is 652. The summed E-state index contributed by atoms with van der Waals surface area (Å²) in [6.45, 7) is 1.98. The molecule has 2 unspecified atom stereocenters. The largest absolute Gasteiger partial charge is 0.340 e. The van der Waals surface area contributed by atoms with Gasteiger partial charge in [-0.2, -0.15) is 5.26 Å². The standard InChI is InChI=1S/C16H19FN6O/c17-10-4-11(5-18)23(7-10)14(24)6-21-15-12-8-22(9-13(12)15)16-19-2-1-3-20-16/h1-3,10-13,15,21H,4,6-9H2/t10-,11-,12?,13?,15?/m0/s1. The summed E-state index contributed by atoms with van der Waals surface area (Å²) < 4.78 is 13.4. The summed E-state index contributed by atoms with van der Waals surface area (Å²) in [5, 5.41) is 12.3. The van der Waals surface area contributed by atoms with E-state index in [9.17, 15) is 9.18 Å². The van der Waals surface area contributed by atoms with Crippen LogP contribution in [0.4, 0.5) is 10.3 Å². The van der Waals surface area contributed by atoms with Crippen LogP contribution in [-0.4, -0.2) is 65.2 Å². The first-order valence-electron chi connectivity index (χ1n) is 8.26. The van der Waals surface area contributed by atoms with E-state index in [-0.39, 0.29) is 25.4 Å². The number of nitriles is 1. The van der Waals surface area contributed by atoms with Gasteiger partial charge in [-0.15, -0.1) is 0 Å². The zero-order valence-corrected chi connectivity index (χ0v) is 13.2. The maximum absolute atomic E-state index is 13.4. The number of anilines is 1. The number of nitrogens with zero attached hydrogens (tertiary/aromatic N) is 5. The second-order valence-electron chi connectivity index (χ2n) is 6.71. The highest BCUT2D eigenvalue weighted by Crippen LogP contribution is 2.46. The molecule has 1 aromatic rings. The third kappa shape index (κ3) is 2.69. The van der Waals surface area contributed by atoms with Crippen LogP contribution in [0.5, 0.6) is 0 Å². The monoisotopic (exact) mass is 330 g/mol. The van der Waals surface area contributed by atoms with Crippen molar-refractivity contribution in [3.8, 4) is 6.07 Å².